The normalized spacial score (nSPS) is 15.8. The van der Waals surface area contributed by atoms with E-state index in [0.29, 0.717) is 23.2 Å². The number of nitrogens with zero attached hydrogens (tertiary/aromatic N) is 1. The zero-order valence-electron chi connectivity index (χ0n) is 13.5. The standard InChI is InChI=1S/C18H16N2O4S/c1-2-22-11-7-8-12-16(9-11)25-18(19-12)20-17(21)15-10-23-13-5-3-4-6-14(13)24-15/h3-9,15H,2,10H2,1H3,(H,19,20,21)/t15-/m1/s1. The Morgan fingerprint density at radius 2 is 2.16 bits per heavy atom. The van der Waals surface area contributed by atoms with Gasteiger partial charge in [-0.1, -0.05) is 23.5 Å². The molecule has 1 aliphatic rings. The molecular formula is C18H16N2O4S. The van der Waals surface area contributed by atoms with Crippen LogP contribution in [0.3, 0.4) is 0 Å². The lowest BCUT2D eigenvalue weighted by Crippen LogP contribution is -2.40. The SMILES string of the molecule is CCOc1ccc2nc(NC(=O)[C@H]3COc4ccccc4O3)sc2c1. The van der Waals surface area contributed by atoms with Gasteiger partial charge in [-0.25, -0.2) is 4.98 Å². The van der Waals surface area contributed by atoms with Gasteiger partial charge in [-0.05, 0) is 37.3 Å². The lowest BCUT2D eigenvalue weighted by atomic mass is 10.2. The van der Waals surface area contributed by atoms with Crippen molar-refractivity contribution in [3.8, 4) is 17.2 Å². The Hall–Kier alpha value is -2.80. The summed E-state index contributed by atoms with van der Waals surface area (Å²) in [6.45, 7) is 2.71. The molecule has 0 aliphatic carbocycles. The van der Waals surface area contributed by atoms with E-state index in [1.54, 1.807) is 6.07 Å². The predicted molar refractivity (Wildman–Crippen MR) is 95.8 cm³/mol. The molecule has 4 rings (SSSR count). The molecule has 1 amide bonds. The van der Waals surface area contributed by atoms with E-state index in [-0.39, 0.29) is 12.5 Å². The molecule has 0 unspecified atom stereocenters. The van der Waals surface area contributed by atoms with Crippen molar-refractivity contribution in [2.45, 2.75) is 13.0 Å². The predicted octanol–water partition coefficient (Wildman–Crippen LogP) is 3.47. The Kier molecular flexibility index (Phi) is 4.15. The third-order valence-electron chi connectivity index (χ3n) is 3.70. The van der Waals surface area contributed by atoms with Crippen LogP contribution in [0.4, 0.5) is 5.13 Å². The zero-order chi connectivity index (χ0) is 17.2. The summed E-state index contributed by atoms with van der Waals surface area (Å²) in [6.07, 6.45) is -0.708. The fourth-order valence-electron chi connectivity index (χ4n) is 2.55. The second-order valence-electron chi connectivity index (χ2n) is 5.44. The van der Waals surface area contributed by atoms with Crippen LogP contribution in [0, 0.1) is 0 Å². The molecule has 0 saturated heterocycles. The van der Waals surface area contributed by atoms with Crippen LogP contribution in [0.1, 0.15) is 6.92 Å². The topological polar surface area (TPSA) is 69.7 Å². The third-order valence-corrected chi connectivity index (χ3v) is 4.64. The molecule has 25 heavy (non-hydrogen) atoms. The first kappa shape index (κ1) is 15.7. The van der Waals surface area contributed by atoms with E-state index >= 15 is 0 Å². The zero-order valence-corrected chi connectivity index (χ0v) is 14.3. The Balaban J connectivity index is 1.48. The number of amides is 1. The highest BCUT2D eigenvalue weighted by Crippen LogP contribution is 2.32. The molecule has 0 fully saturated rings. The van der Waals surface area contributed by atoms with E-state index in [1.807, 2.05) is 43.3 Å². The number of ether oxygens (including phenoxy) is 3. The average Bonchev–Trinajstić information content (AvgIpc) is 3.03. The maximum absolute atomic E-state index is 12.4. The molecule has 3 aromatic rings. The molecule has 2 heterocycles. The van der Waals surface area contributed by atoms with Gasteiger partial charge in [0.05, 0.1) is 16.8 Å². The van der Waals surface area contributed by atoms with Gasteiger partial charge in [0.15, 0.2) is 16.6 Å². The average molecular weight is 356 g/mol. The van der Waals surface area contributed by atoms with Crippen molar-refractivity contribution in [1.82, 2.24) is 4.98 Å². The summed E-state index contributed by atoms with van der Waals surface area (Å²) in [5.74, 6) is 1.73. The van der Waals surface area contributed by atoms with Crippen molar-refractivity contribution in [1.29, 1.82) is 0 Å². The second-order valence-corrected chi connectivity index (χ2v) is 6.47. The fourth-order valence-corrected chi connectivity index (χ4v) is 3.45. The van der Waals surface area contributed by atoms with E-state index in [2.05, 4.69) is 10.3 Å². The number of nitrogens with one attached hydrogen (secondary N) is 1. The molecule has 1 aliphatic heterocycles. The minimum absolute atomic E-state index is 0.169. The first-order chi connectivity index (χ1) is 12.2. The van der Waals surface area contributed by atoms with E-state index in [0.717, 1.165) is 16.0 Å². The van der Waals surface area contributed by atoms with Crippen LogP contribution >= 0.6 is 11.3 Å². The lowest BCUT2D eigenvalue weighted by molar-refractivity contribution is -0.125. The van der Waals surface area contributed by atoms with Crippen LogP contribution in [-0.4, -0.2) is 30.2 Å². The van der Waals surface area contributed by atoms with Gasteiger partial charge < -0.3 is 14.2 Å². The van der Waals surface area contributed by atoms with Gasteiger partial charge >= 0.3 is 0 Å². The molecule has 6 nitrogen and oxygen atoms in total. The number of rotatable bonds is 4. The number of fused-ring (bicyclic) bond motifs is 2. The maximum Gasteiger partial charge on any atom is 0.270 e. The van der Waals surface area contributed by atoms with Gasteiger partial charge in [0, 0.05) is 0 Å². The highest BCUT2D eigenvalue weighted by atomic mass is 32.1. The van der Waals surface area contributed by atoms with E-state index in [1.165, 1.54) is 11.3 Å². The molecule has 128 valence electrons. The van der Waals surface area contributed by atoms with Gasteiger partial charge in [-0.3, -0.25) is 10.1 Å². The molecule has 0 saturated carbocycles. The van der Waals surface area contributed by atoms with Gasteiger partial charge in [0.2, 0.25) is 6.10 Å². The summed E-state index contributed by atoms with van der Waals surface area (Å²) in [4.78, 5) is 16.9. The summed E-state index contributed by atoms with van der Waals surface area (Å²) < 4.78 is 17.7. The van der Waals surface area contributed by atoms with Crippen molar-refractivity contribution in [3.05, 3.63) is 42.5 Å². The molecule has 1 N–H and O–H groups in total. The highest BCUT2D eigenvalue weighted by Gasteiger charge is 2.27. The number of carbonyl (C=O) groups excluding carboxylic acids is 1. The van der Waals surface area contributed by atoms with Crippen molar-refractivity contribution in [2.75, 3.05) is 18.5 Å². The quantitative estimate of drug-likeness (QED) is 0.775. The van der Waals surface area contributed by atoms with Gasteiger partial charge in [0.1, 0.15) is 12.4 Å². The van der Waals surface area contributed by atoms with Crippen LogP contribution in [0.2, 0.25) is 0 Å². The minimum atomic E-state index is -0.708. The Labute approximate surface area is 148 Å². The van der Waals surface area contributed by atoms with Gasteiger partial charge in [0.25, 0.3) is 5.91 Å². The van der Waals surface area contributed by atoms with Gasteiger partial charge in [-0.15, -0.1) is 0 Å². The molecule has 2 aromatic carbocycles. The first-order valence-corrected chi connectivity index (χ1v) is 8.77. The molecule has 1 atom stereocenters. The summed E-state index contributed by atoms with van der Waals surface area (Å²) in [5.41, 5.74) is 0.815. The molecule has 1 aromatic heterocycles. The summed E-state index contributed by atoms with van der Waals surface area (Å²) in [5, 5.41) is 3.33. The maximum atomic E-state index is 12.4. The molecule has 0 radical (unpaired) electrons. The molecule has 0 bridgehead atoms. The van der Waals surface area contributed by atoms with Crippen LogP contribution in [0.15, 0.2) is 42.5 Å². The summed E-state index contributed by atoms with van der Waals surface area (Å²) in [6, 6.07) is 13.0. The molecule has 7 heteroatoms. The third kappa shape index (κ3) is 3.23. The number of thiazole rings is 1. The highest BCUT2D eigenvalue weighted by molar-refractivity contribution is 7.22. The minimum Gasteiger partial charge on any atom is -0.494 e. The summed E-state index contributed by atoms with van der Waals surface area (Å²) >= 11 is 1.40. The number of hydrogen-bond donors (Lipinski definition) is 1. The molecular weight excluding hydrogens is 340 g/mol. The lowest BCUT2D eigenvalue weighted by Gasteiger charge is -2.25. The van der Waals surface area contributed by atoms with Gasteiger partial charge in [-0.2, -0.15) is 0 Å². The van der Waals surface area contributed by atoms with Crippen molar-refractivity contribution in [3.63, 3.8) is 0 Å². The Bertz CT molecular complexity index is 924. The number of aromatic nitrogens is 1. The van der Waals surface area contributed by atoms with Crippen LogP contribution < -0.4 is 19.5 Å². The Morgan fingerprint density at radius 3 is 3.00 bits per heavy atom. The van der Waals surface area contributed by atoms with Crippen LogP contribution in [0.25, 0.3) is 10.2 Å². The second kappa shape index (κ2) is 6.60. The largest absolute Gasteiger partial charge is 0.494 e. The number of hydrogen-bond acceptors (Lipinski definition) is 6. The number of carbonyl (C=O) groups is 1. The first-order valence-electron chi connectivity index (χ1n) is 7.95. The number of anilines is 1. The molecule has 0 spiro atoms. The van der Waals surface area contributed by atoms with Crippen molar-refractivity contribution in [2.24, 2.45) is 0 Å². The monoisotopic (exact) mass is 356 g/mol. The fraction of sp³-hybridized carbons (Fsp3) is 0.222. The van der Waals surface area contributed by atoms with Crippen molar-refractivity contribution < 1.29 is 19.0 Å². The van der Waals surface area contributed by atoms with E-state index in [9.17, 15) is 4.79 Å². The summed E-state index contributed by atoms with van der Waals surface area (Å²) in [7, 11) is 0. The van der Waals surface area contributed by atoms with E-state index in [4.69, 9.17) is 14.2 Å². The number of benzene rings is 2. The number of para-hydroxylation sites is 2. The van der Waals surface area contributed by atoms with Crippen molar-refractivity contribution >= 4 is 32.6 Å². The smallest absolute Gasteiger partial charge is 0.270 e. The van der Waals surface area contributed by atoms with Crippen LogP contribution in [-0.2, 0) is 4.79 Å². The van der Waals surface area contributed by atoms with Crippen LogP contribution in [0.5, 0.6) is 17.2 Å². The van der Waals surface area contributed by atoms with E-state index < -0.39 is 6.10 Å². The Morgan fingerprint density at radius 1 is 1.32 bits per heavy atom.